The normalized spacial score (nSPS) is 32.2. The van der Waals surface area contributed by atoms with Crippen molar-refractivity contribution in [2.75, 3.05) is 19.8 Å². The largest absolute Gasteiger partial charge is 0.449 e. The lowest BCUT2D eigenvalue weighted by Crippen LogP contribution is -2.64. The van der Waals surface area contributed by atoms with E-state index in [1.165, 1.54) is 38.5 Å². The lowest BCUT2D eigenvalue weighted by atomic mass is 9.97. The van der Waals surface area contributed by atoms with Gasteiger partial charge in [0.15, 0.2) is 12.4 Å². The first kappa shape index (κ1) is 41.1. The van der Waals surface area contributed by atoms with E-state index in [1.54, 1.807) is 0 Å². The molecule has 0 aromatic rings. The van der Waals surface area contributed by atoms with Gasteiger partial charge in [-0.15, -0.1) is 0 Å². The van der Waals surface area contributed by atoms with E-state index in [0.29, 0.717) is 6.42 Å². The fourth-order valence-corrected chi connectivity index (χ4v) is 5.70. The summed E-state index contributed by atoms with van der Waals surface area (Å²) in [6.07, 6.45) is -2.56. The summed E-state index contributed by atoms with van der Waals surface area (Å²) in [4.78, 5) is 12.9. The Morgan fingerprint density at radius 1 is 0.696 bits per heavy atom. The summed E-state index contributed by atoms with van der Waals surface area (Å²) >= 11 is 0. The minimum absolute atomic E-state index is 0.114. The summed E-state index contributed by atoms with van der Waals surface area (Å²) in [6, 6.07) is 0. The molecule has 0 amide bonds. The van der Waals surface area contributed by atoms with Crippen LogP contribution in [0.1, 0.15) is 96.8 Å². The molecule has 2 heterocycles. The van der Waals surface area contributed by atoms with Crippen LogP contribution in [0.5, 0.6) is 0 Å². The predicted molar refractivity (Wildman–Crippen MR) is 157 cm³/mol. The van der Waals surface area contributed by atoms with Crippen LogP contribution >= 0.6 is 0 Å². The molecular weight excluding hydrogens is 616 g/mol. The molecule has 0 aromatic heterocycles. The van der Waals surface area contributed by atoms with Crippen molar-refractivity contribution in [2.45, 2.75) is 163 Å². The van der Waals surface area contributed by atoms with Gasteiger partial charge in [-0.05, 0) is 6.42 Å². The van der Waals surface area contributed by atoms with Crippen LogP contribution in [0.3, 0.4) is 0 Å². The molecule has 2 fully saturated rings. The van der Waals surface area contributed by atoms with Crippen molar-refractivity contribution in [3.05, 3.63) is 0 Å². The van der Waals surface area contributed by atoms with Crippen molar-refractivity contribution in [1.82, 2.24) is 0 Å². The molecule has 0 aliphatic carbocycles. The van der Waals surface area contributed by atoms with Gasteiger partial charge in [0.05, 0.1) is 13.2 Å². The van der Waals surface area contributed by atoms with Crippen LogP contribution < -0.4 is 0 Å². The van der Waals surface area contributed by atoms with Crippen LogP contribution in [0, 0.1) is 0 Å². The zero-order valence-electron chi connectivity index (χ0n) is 26.6. The molecule has 0 radical (unpaired) electrons. The summed E-state index contributed by atoms with van der Waals surface area (Å²) in [7, 11) is 0. The fraction of sp³-hybridized carbons (Fsp3) is 0.967. The first-order chi connectivity index (χ1) is 21.7. The van der Waals surface area contributed by atoms with E-state index in [0.717, 1.165) is 32.1 Å². The lowest BCUT2D eigenvalue weighted by Gasteiger charge is -2.44. The van der Waals surface area contributed by atoms with E-state index >= 15 is 0 Å². The minimum Gasteiger partial charge on any atom is -0.449 e. The third kappa shape index (κ3) is 10.5. The number of hydrogen-bond donors (Lipinski definition) is 11. The summed E-state index contributed by atoms with van der Waals surface area (Å²) in [5.41, 5.74) is 0. The standard InChI is InChI=1S/C30H56O16/c1-2-3-4-5-6-7-8-9-10-11-12-13-14-15-29(39,40)30(41,42)27(38)44-25-22(35)20(17-32)45-28(25,18-33)46-26-24(37)23(36)21(34)19(16-31)43-26/h19-26,31-37,39-42H,2-18H2,1H3/t19-,20-,21-,22-,23+,24-,25+,26-,28+/m1/s1. The zero-order valence-corrected chi connectivity index (χ0v) is 26.6. The Labute approximate surface area is 269 Å². The highest BCUT2D eigenvalue weighted by Crippen LogP contribution is 2.39. The minimum atomic E-state index is -3.94. The molecule has 272 valence electrons. The van der Waals surface area contributed by atoms with Gasteiger partial charge < -0.3 is 75.1 Å². The number of rotatable bonds is 22. The molecule has 0 aromatic carbocycles. The van der Waals surface area contributed by atoms with Crippen molar-refractivity contribution in [3.8, 4) is 0 Å². The van der Waals surface area contributed by atoms with E-state index in [1.807, 2.05) is 0 Å². The fourth-order valence-electron chi connectivity index (χ4n) is 5.70. The summed E-state index contributed by atoms with van der Waals surface area (Å²) in [6.45, 7) is -0.864. The number of aliphatic hydroxyl groups excluding tert-OH is 7. The number of aliphatic hydroxyl groups is 11. The molecule has 0 spiro atoms. The van der Waals surface area contributed by atoms with Gasteiger partial charge in [0.1, 0.15) is 43.2 Å². The average molecular weight is 673 g/mol. The van der Waals surface area contributed by atoms with Crippen molar-refractivity contribution >= 4 is 5.97 Å². The molecule has 16 heteroatoms. The average Bonchev–Trinajstić information content (AvgIpc) is 3.29. The second-order valence-corrected chi connectivity index (χ2v) is 12.4. The molecule has 9 atom stereocenters. The number of hydrogen-bond acceptors (Lipinski definition) is 16. The van der Waals surface area contributed by atoms with Crippen molar-refractivity contribution in [1.29, 1.82) is 0 Å². The van der Waals surface area contributed by atoms with E-state index < -0.39 is 98.6 Å². The predicted octanol–water partition coefficient (Wildman–Crippen LogP) is -2.00. The van der Waals surface area contributed by atoms with Crippen LogP contribution in [0.4, 0.5) is 0 Å². The Morgan fingerprint density at radius 2 is 1.20 bits per heavy atom. The zero-order chi connectivity index (χ0) is 34.5. The molecule has 2 rings (SSSR count). The third-order valence-corrected chi connectivity index (χ3v) is 8.75. The van der Waals surface area contributed by atoms with E-state index in [2.05, 4.69) is 6.92 Å². The molecule has 2 saturated heterocycles. The highest BCUT2D eigenvalue weighted by molar-refractivity contribution is 5.78. The molecule has 2 aliphatic heterocycles. The van der Waals surface area contributed by atoms with Gasteiger partial charge in [-0.1, -0.05) is 84.0 Å². The number of unbranched alkanes of at least 4 members (excludes halogenated alkanes) is 12. The van der Waals surface area contributed by atoms with Crippen LogP contribution in [-0.2, 0) is 23.7 Å². The molecule has 2 aliphatic rings. The van der Waals surface area contributed by atoms with Gasteiger partial charge in [0, 0.05) is 6.42 Å². The van der Waals surface area contributed by atoms with Crippen LogP contribution in [-0.4, -0.2) is 148 Å². The third-order valence-electron chi connectivity index (χ3n) is 8.75. The quantitative estimate of drug-likeness (QED) is 0.0337. The van der Waals surface area contributed by atoms with Crippen molar-refractivity contribution in [3.63, 3.8) is 0 Å². The van der Waals surface area contributed by atoms with Gasteiger partial charge in [0.2, 0.25) is 11.6 Å². The van der Waals surface area contributed by atoms with Crippen molar-refractivity contribution < 1.29 is 79.9 Å². The number of esters is 1. The smallest absolute Gasteiger partial charge is 0.373 e. The summed E-state index contributed by atoms with van der Waals surface area (Å²) in [5, 5.41) is 112. The van der Waals surface area contributed by atoms with E-state index in [9.17, 15) is 61.0 Å². The maximum absolute atomic E-state index is 12.9. The maximum Gasteiger partial charge on any atom is 0.373 e. The Kier molecular flexibility index (Phi) is 17.1. The topological polar surface area (TPSA) is 277 Å². The van der Waals surface area contributed by atoms with Gasteiger partial charge in [-0.25, -0.2) is 4.79 Å². The second-order valence-electron chi connectivity index (χ2n) is 12.4. The van der Waals surface area contributed by atoms with Gasteiger partial charge in [-0.2, -0.15) is 0 Å². The molecule has 0 saturated carbocycles. The van der Waals surface area contributed by atoms with Crippen LogP contribution in [0.15, 0.2) is 0 Å². The monoisotopic (exact) mass is 672 g/mol. The maximum atomic E-state index is 12.9. The lowest BCUT2D eigenvalue weighted by molar-refractivity contribution is -0.388. The molecule has 0 unspecified atom stereocenters. The molecule has 11 N–H and O–H groups in total. The first-order valence-electron chi connectivity index (χ1n) is 16.4. The van der Waals surface area contributed by atoms with Gasteiger partial charge in [0.25, 0.3) is 0 Å². The Morgan fingerprint density at radius 3 is 1.67 bits per heavy atom. The van der Waals surface area contributed by atoms with Crippen LogP contribution in [0.2, 0.25) is 0 Å². The van der Waals surface area contributed by atoms with Gasteiger partial charge in [-0.3, -0.25) is 0 Å². The molecule has 0 bridgehead atoms. The highest BCUT2D eigenvalue weighted by Gasteiger charge is 2.63. The molecule has 46 heavy (non-hydrogen) atoms. The summed E-state index contributed by atoms with van der Waals surface area (Å²) < 4.78 is 21.0. The van der Waals surface area contributed by atoms with Gasteiger partial charge >= 0.3 is 11.8 Å². The summed E-state index contributed by atoms with van der Waals surface area (Å²) in [5.74, 6) is -12.1. The Balaban J connectivity index is 1.95. The molecule has 16 nitrogen and oxygen atoms in total. The Hall–Kier alpha value is -1.09. The number of carbonyl (C=O) groups excluding carboxylic acids is 1. The second kappa shape index (κ2) is 19.2. The van der Waals surface area contributed by atoms with E-state index in [-0.39, 0.29) is 6.42 Å². The van der Waals surface area contributed by atoms with Crippen molar-refractivity contribution in [2.24, 2.45) is 0 Å². The first-order valence-corrected chi connectivity index (χ1v) is 16.4. The molecular formula is C30H56O16. The Bertz CT molecular complexity index is 872. The number of carbonyl (C=O) groups is 1. The van der Waals surface area contributed by atoms with E-state index in [4.69, 9.17) is 18.9 Å². The SMILES string of the molecule is CCCCCCCCCCCCCCCC(O)(O)C(O)(O)C(=O)O[C@H]1[C@H](O)[C@@H](CO)O[C@@]1(CO)O[C@H]1O[C@H](CO)[C@@H](O)[C@H](O)[C@H]1O. The number of ether oxygens (including phenoxy) is 4. The highest BCUT2D eigenvalue weighted by atomic mass is 16.8. The van der Waals surface area contributed by atoms with Crippen LogP contribution in [0.25, 0.3) is 0 Å².